The van der Waals surface area contributed by atoms with E-state index in [0.29, 0.717) is 5.82 Å². The Balaban J connectivity index is 2.09. The molecule has 3 N–H and O–H groups in total. The first kappa shape index (κ1) is 10.6. The van der Waals surface area contributed by atoms with Gasteiger partial charge in [-0.05, 0) is 22.0 Å². The number of benzene rings is 1. The van der Waals surface area contributed by atoms with E-state index in [4.69, 9.17) is 10.2 Å². The Morgan fingerprint density at radius 3 is 2.94 bits per heavy atom. The number of H-pyrrole nitrogens is 1. The van der Waals surface area contributed by atoms with Crippen LogP contribution in [-0.4, -0.2) is 9.97 Å². The lowest BCUT2D eigenvalue weighted by molar-refractivity contribution is 0.605. The number of aromatic amines is 1. The lowest BCUT2D eigenvalue weighted by Gasteiger charge is -2.06. The van der Waals surface area contributed by atoms with Gasteiger partial charge < -0.3 is 15.1 Å². The summed E-state index contributed by atoms with van der Waals surface area (Å²) >= 11 is 3.32. The van der Waals surface area contributed by atoms with Crippen LogP contribution >= 0.6 is 15.9 Å². The highest BCUT2D eigenvalue weighted by molar-refractivity contribution is 9.10. The second kappa shape index (κ2) is 4.01. The van der Waals surface area contributed by atoms with Crippen molar-refractivity contribution >= 4 is 26.9 Å². The van der Waals surface area contributed by atoms with Crippen molar-refractivity contribution in [3.8, 4) is 0 Å². The van der Waals surface area contributed by atoms with Gasteiger partial charge in [-0.15, -0.1) is 0 Å². The highest BCUT2D eigenvalue weighted by Crippen LogP contribution is 2.28. The maximum atomic E-state index is 6.17. The van der Waals surface area contributed by atoms with Crippen LogP contribution in [0.4, 0.5) is 0 Å². The molecule has 0 fully saturated rings. The molecule has 0 aliphatic heterocycles. The maximum Gasteiger partial charge on any atom is 0.134 e. The number of nitrogens with one attached hydrogen (secondary N) is 1. The predicted octanol–water partition coefficient (Wildman–Crippen LogP) is 2.97. The van der Waals surface area contributed by atoms with E-state index in [2.05, 4.69) is 25.9 Å². The number of nitrogens with two attached hydrogens (primary N) is 1. The summed E-state index contributed by atoms with van der Waals surface area (Å²) in [5.41, 5.74) is 7.94. The summed E-state index contributed by atoms with van der Waals surface area (Å²) in [5.74, 6) is 0.712. The third-order valence-corrected chi connectivity index (χ3v) is 3.11. The molecule has 1 atom stereocenters. The van der Waals surface area contributed by atoms with Crippen LogP contribution in [0.3, 0.4) is 0 Å². The molecular weight excluding hydrogens is 282 g/mol. The van der Waals surface area contributed by atoms with Crippen molar-refractivity contribution in [2.45, 2.75) is 6.04 Å². The van der Waals surface area contributed by atoms with E-state index in [1.54, 1.807) is 12.5 Å². The third-order valence-electron chi connectivity index (χ3n) is 2.71. The molecule has 2 heterocycles. The monoisotopic (exact) mass is 291 g/mol. The van der Waals surface area contributed by atoms with E-state index in [1.807, 2.05) is 24.3 Å². The summed E-state index contributed by atoms with van der Waals surface area (Å²) < 4.78 is 6.28. The minimum atomic E-state index is -0.315. The molecule has 17 heavy (non-hydrogen) atoms. The fourth-order valence-corrected chi connectivity index (χ4v) is 2.16. The van der Waals surface area contributed by atoms with Gasteiger partial charge in [0, 0.05) is 10.9 Å². The summed E-state index contributed by atoms with van der Waals surface area (Å²) in [6.07, 6.45) is 3.38. The van der Waals surface area contributed by atoms with Gasteiger partial charge in [-0.2, -0.15) is 0 Å². The van der Waals surface area contributed by atoms with Crippen LogP contribution in [0.15, 0.2) is 45.7 Å². The van der Waals surface area contributed by atoms with Gasteiger partial charge in [0.25, 0.3) is 0 Å². The number of para-hydroxylation sites is 1. The molecule has 2 aromatic heterocycles. The Bertz CT molecular complexity index is 658. The van der Waals surface area contributed by atoms with Gasteiger partial charge in [0.1, 0.15) is 16.0 Å². The molecule has 3 rings (SSSR count). The van der Waals surface area contributed by atoms with Crippen molar-refractivity contribution in [1.29, 1.82) is 0 Å². The molecule has 0 radical (unpaired) electrons. The molecule has 0 aliphatic carbocycles. The van der Waals surface area contributed by atoms with Crippen LogP contribution in [0.25, 0.3) is 11.0 Å². The first-order chi connectivity index (χ1) is 8.25. The normalized spacial score (nSPS) is 13.1. The average molecular weight is 292 g/mol. The van der Waals surface area contributed by atoms with Gasteiger partial charge in [0.2, 0.25) is 0 Å². The Hall–Kier alpha value is -1.59. The molecule has 0 spiro atoms. The van der Waals surface area contributed by atoms with Gasteiger partial charge in [0.05, 0.1) is 18.5 Å². The highest BCUT2D eigenvalue weighted by Gasteiger charge is 2.17. The second-order valence-corrected chi connectivity index (χ2v) is 4.64. The molecular formula is C12H10BrN3O. The lowest BCUT2D eigenvalue weighted by Crippen LogP contribution is -2.12. The Morgan fingerprint density at radius 1 is 1.35 bits per heavy atom. The zero-order chi connectivity index (χ0) is 11.8. The van der Waals surface area contributed by atoms with Crippen LogP contribution in [0.5, 0.6) is 0 Å². The number of fused-ring (bicyclic) bond motifs is 1. The van der Waals surface area contributed by atoms with Gasteiger partial charge in [-0.1, -0.05) is 18.2 Å². The summed E-state index contributed by atoms with van der Waals surface area (Å²) in [7, 11) is 0. The van der Waals surface area contributed by atoms with Crippen LogP contribution in [-0.2, 0) is 0 Å². The number of aromatic nitrogens is 2. The van der Waals surface area contributed by atoms with Crippen molar-refractivity contribution in [2.24, 2.45) is 5.73 Å². The SMILES string of the molecule is NC(c1ncc(Br)[nH]1)c1coc2ccccc12. The van der Waals surface area contributed by atoms with E-state index >= 15 is 0 Å². The standard InChI is InChI=1S/C12H10BrN3O/c13-10-5-15-12(16-10)11(14)8-6-17-9-4-2-1-3-7(8)9/h1-6,11H,14H2,(H,15,16). The van der Waals surface area contributed by atoms with Crippen LogP contribution < -0.4 is 5.73 Å². The first-order valence-electron chi connectivity index (χ1n) is 5.18. The molecule has 86 valence electrons. The first-order valence-corrected chi connectivity index (χ1v) is 5.97. The summed E-state index contributed by atoms with van der Waals surface area (Å²) in [6.45, 7) is 0. The van der Waals surface area contributed by atoms with Gasteiger partial charge in [-0.3, -0.25) is 0 Å². The van der Waals surface area contributed by atoms with Crippen molar-refractivity contribution in [3.63, 3.8) is 0 Å². The minimum Gasteiger partial charge on any atom is -0.464 e. The molecule has 1 aromatic carbocycles. The zero-order valence-corrected chi connectivity index (χ0v) is 10.4. The fraction of sp³-hybridized carbons (Fsp3) is 0.0833. The summed E-state index contributed by atoms with van der Waals surface area (Å²) in [5, 5.41) is 1.02. The van der Waals surface area contributed by atoms with Crippen molar-refractivity contribution in [3.05, 3.63) is 52.7 Å². The van der Waals surface area contributed by atoms with Crippen LogP contribution in [0, 0.1) is 0 Å². The fourth-order valence-electron chi connectivity index (χ4n) is 1.86. The van der Waals surface area contributed by atoms with Crippen molar-refractivity contribution in [2.75, 3.05) is 0 Å². The summed E-state index contributed by atoms with van der Waals surface area (Å²) in [6, 6.07) is 7.50. The molecule has 3 aromatic rings. The topological polar surface area (TPSA) is 67.8 Å². The largest absolute Gasteiger partial charge is 0.464 e. The average Bonchev–Trinajstić information content (AvgIpc) is 2.94. The van der Waals surface area contributed by atoms with Gasteiger partial charge in [0.15, 0.2) is 0 Å². The molecule has 0 saturated carbocycles. The number of halogens is 1. The number of hydrogen-bond acceptors (Lipinski definition) is 3. The quantitative estimate of drug-likeness (QED) is 0.763. The van der Waals surface area contributed by atoms with E-state index in [0.717, 1.165) is 21.1 Å². The third kappa shape index (κ3) is 1.77. The lowest BCUT2D eigenvalue weighted by atomic mass is 10.1. The minimum absolute atomic E-state index is 0.315. The van der Waals surface area contributed by atoms with E-state index in [-0.39, 0.29) is 6.04 Å². The van der Waals surface area contributed by atoms with Crippen molar-refractivity contribution in [1.82, 2.24) is 9.97 Å². The Morgan fingerprint density at radius 2 is 2.18 bits per heavy atom. The van der Waals surface area contributed by atoms with Crippen molar-refractivity contribution < 1.29 is 4.42 Å². The van der Waals surface area contributed by atoms with E-state index in [9.17, 15) is 0 Å². The Labute approximate surface area is 106 Å². The number of nitrogens with zero attached hydrogens (tertiary/aromatic N) is 1. The van der Waals surface area contributed by atoms with Gasteiger partial charge in [-0.25, -0.2) is 4.98 Å². The van der Waals surface area contributed by atoms with Gasteiger partial charge >= 0.3 is 0 Å². The molecule has 5 heteroatoms. The second-order valence-electron chi connectivity index (χ2n) is 3.78. The predicted molar refractivity (Wildman–Crippen MR) is 68.5 cm³/mol. The summed E-state index contributed by atoms with van der Waals surface area (Å²) in [4.78, 5) is 7.28. The molecule has 1 unspecified atom stereocenters. The molecule has 0 bridgehead atoms. The maximum absolute atomic E-state index is 6.17. The van der Waals surface area contributed by atoms with Crippen LogP contribution in [0.2, 0.25) is 0 Å². The Kier molecular flexibility index (Phi) is 2.49. The number of imidazole rings is 1. The number of furan rings is 1. The van der Waals surface area contributed by atoms with E-state index < -0.39 is 0 Å². The molecule has 4 nitrogen and oxygen atoms in total. The highest BCUT2D eigenvalue weighted by atomic mass is 79.9. The number of rotatable bonds is 2. The molecule has 0 aliphatic rings. The smallest absolute Gasteiger partial charge is 0.134 e. The van der Waals surface area contributed by atoms with E-state index in [1.165, 1.54) is 0 Å². The number of hydrogen-bond donors (Lipinski definition) is 2. The molecule has 0 amide bonds. The molecule has 0 saturated heterocycles. The zero-order valence-electron chi connectivity index (χ0n) is 8.85. The van der Waals surface area contributed by atoms with Crippen LogP contribution in [0.1, 0.15) is 17.4 Å².